The molecule has 126 valence electrons. The Kier molecular flexibility index (Phi) is 4.28. The van der Waals surface area contributed by atoms with Crippen molar-refractivity contribution in [3.05, 3.63) is 109 Å². The molecule has 3 aromatic carbocycles. The highest BCUT2D eigenvalue weighted by atomic mass is 15.0. The molecule has 0 aliphatic carbocycles. The number of benzene rings is 3. The molecule has 0 aliphatic rings. The molecule has 0 unspecified atom stereocenters. The molecular formula is C25H21N. The van der Waals surface area contributed by atoms with Gasteiger partial charge in [-0.1, -0.05) is 73.3 Å². The largest absolute Gasteiger partial charge is 0.309 e. The second-order valence-electron chi connectivity index (χ2n) is 6.27. The smallest absolute Gasteiger partial charge is 0.0541 e. The van der Waals surface area contributed by atoms with Crippen LogP contribution in [0.2, 0.25) is 0 Å². The predicted octanol–water partition coefficient (Wildman–Crippen LogP) is 6.93. The fourth-order valence-electron chi connectivity index (χ4n) is 3.49. The van der Waals surface area contributed by atoms with E-state index in [9.17, 15) is 0 Å². The van der Waals surface area contributed by atoms with Gasteiger partial charge in [-0.2, -0.15) is 0 Å². The van der Waals surface area contributed by atoms with E-state index in [2.05, 4.69) is 96.1 Å². The van der Waals surface area contributed by atoms with Crippen LogP contribution in [0.25, 0.3) is 33.1 Å². The maximum absolute atomic E-state index is 3.98. The van der Waals surface area contributed by atoms with Crippen molar-refractivity contribution in [1.82, 2.24) is 4.57 Å². The van der Waals surface area contributed by atoms with Gasteiger partial charge >= 0.3 is 0 Å². The van der Waals surface area contributed by atoms with E-state index < -0.39 is 0 Å². The van der Waals surface area contributed by atoms with E-state index in [1.54, 1.807) is 0 Å². The maximum Gasteiger partial charge on any atom is 0.0541 e. The Bertz CT molecular complexity index is 1140. The summed E-state index contributed by atoms with van der Waals surface area (Å²) in [4.78, 5) is 0. The predicted molar refractivity (Wildman–Crippen MR) is 114 cm³/mol. The first-order chi connectivity index (χ1) is 12.8. The molecule has 1 heterocycles. The van der Waals surface area contributed by atoms with Gasteiger partial charge in [0.1, 0.15) is 0 Å². The van der Waals surface area contributed by atoms with Crippen LogP contribution in [0.3, 0.4) is 0 Å². The molecule has 0 fully saturated rings. The first kappa shape index (κ1) is 16.2. The highest BCUT2D eigenvalue weighted by Gasteiger charge is 2.12. The molecule has 1 heteroatoms. The lowest BCUT2D eigenvalue weighted by molar-refractivity contribution is 1.18. The maximum atomic E-state index is 3.98. The number of hydrogen-bond donors (Lipinski definition) is 0. The second kappa shape index (κ2) is 6.89. The summed E-state index contributed by atoms with van der Waals surface area (Å²) in [6.45, 7) is 6.00. The molecule has 1 nitrogen and oxygen atoms in total. The number of allylic oxidation sites excluding steroid dienone is 5. The minimum Gasteiger partial charge on any atom is -0.309 e. The van der Waals surface area contributed by atoms with Gasteiger partial charge in [-0.05, 0) is 48.4 Å². The van der Waals surface area contributed by atoms with E-state index in [-0.39, 0.29) is 0 Å². The zero-order chi connectivity index (χ0) is 17.9. The summed E-state index contributed by atoms with van der Waals surface area (Å²) in [6.07, 6.45) is 8.10. The number of aromatic nitrogens is 1. The number of nitrogens with zero attached hydrogens (tertiary/aromatic N) is 1. The van der Waals surface area contributed by atoms with Gasteiger partial charge in [0.25, 0.3) is 0 Å². The minimum absolute atomic E-state index is 1.13. The number of fused-ring (bicyclic) bond motifs is 3. The molecule has 0 N–H and O–H groups in total. The Morgan fingerprint density at radius 1 is 0.846 bits per heavy atom. The van der Waals surface area contributed by atoms with Crippen molar-refractivity contribution in [3.8, 4) is 5.69 Å². The highest BCUT2D eigenvalue weighted by Crippen LogP contribution is 2.33. The van der Waals surface area contributed by atoms with Gasteiger partial charge < -0.3 is 4.57 Å². The highest BCUT2D eigenvalue weighted by molar-refractivity contribution is 6.10. The quantitative estimate of drug-likeness (QED) is 0.356. The Balaban J connectivity index is 2.04. The molecule has 0 spiro atoms. The van der Waals surface area contributed by atoms with E-state index in [0.29, 0.717) is 0 Å². The minimum atomic E-state index is 1.13. The van der Waals surface area contributed by atoms with Gasteiger partial charge in [0, 0.05) is 16.5 Å². The van der Waals surface area contributed by atoms with Gasteiger partial charge in [0.2, 0.25) is 0 Å². The van der Waals surface area contributed by atoms with E-state index in [4.69, 9.17) is 0 Å². The molecule has 1 aromatic heterocycles. The molecule has 0 radical (unpaired) electrons. The standard InChI is InChI=1S/C25H21N/c1-3-5-11-19(4-2)20-16-17-25-23(18-20)22-14-9-10-15-24(22)26(25)21-12-7-6-8-13-21/h3-18H,2H2,1H3/b5-3-,19-11+. The van der Waals surface area contributed by atoms with Crippen molar-refractivity contribution in [2.24, 2.45) is 0 Å². The first-order valence-electron chi connectivity index (χ1n) is 8.88. The van der Waals surface area contributed by atoms with Crippen LogP contribution in [0, 0.1) is 0 Å². The van der Waals surface area contributed by atoms with Crippen molar-refractivity contribution in [1.29, 1.82) is 0 Å². The second-order valence-corrected chi connectivity index (χ2v) is 6.27. The van der Waals surface area contributed by atoms with Crippen LogP contribution in [0.15, 0.2) is 104 Å². The van der Waals surface area contributed by atoms with Gasteiger partial charge in [-0.15, -0.1) is 0 Å². The van der Waals surface area contributed by atoms with Crippen molar-refractivity contribution in [2.75, 3.05) is 0 Å². The Morgan fingerprint density at radius 3 is 2.35 bits per heavy atom. The Morgan fingerprint density at radius 2 is 1.58 bits per heavy atom. The molecule has 0 amide bonds. The van der Waals surface area contributed by atoms with E-state index >= 15 is 0 Å². The molecule has 0 saturated heterocycles. The molecule has 26 heavy (non-hydrogen) atoms. The van der Waals surface area contributed by atoms with Gasteiger partial charge in [-0.25, -0.2) is 0 Å². The normalized spacial score (nSPS) is 12.3. The molecule has 4 aromatic rings. The molecule has 0 bridgehead atoms. The lowest BCUT2D eigenvalue weighted by Crippen LogP contribution is -1.93. The number of para-hydroxylation sites is 2. The number of rotatable bonds is 4. The van der Waals surface area contributed by atoms with Crippen molar-refractivity contribution in [2.45, 2.75) is 6.92 Å². The molecule has 4 rings (SSSR count). The van der Waals surface area contributed by atoms with Crippen molar-refractivity contribution in [3.63, 3.8) is 0 Å². The average Bonchev–Trinajstić information content (AvgIpc) is 3.03. The summed E-state index contributed by atoms with van der Waals surface area (Å²) in [5, 5.41) is 2.53. The van der Waals surface area contributed by atoms with Gasteiger partial charge in [0.05, 0.1) is 11.0 Å². The number of hydrogen-bond acceptors (Lipinski definition) is 0. The monoisotopic (exact) mass is 335 g/mol. The lowest BCUT2D eigenvalue weighted by atomic mass is 10.0. The lowest BCUT2D eigenvalue weighted by Gasteiger charge is -2.08. The zero-order valence-corrected chi connectivity index (χ0v) is 14.9. The van der Waals surface area contributed by atoms with Crippen LogP contribution < -0.4 is 0 Å². The van der Waals surface area contributed by atoms with Crippen LogP contribution >= 0.6 is 0 Å². The molecule has 0 aliphatic heterocycles. The SMILES string of the molecule is C=C/C(=C\C=C/C)c1ccc2c(c1)c1ccccc1n2-c1ccccc1. The Labute approximate surface area is 154 Å². The summed E-state index contributed by atoms with van der Waals surface area (Å²) in [7, 11) is 0. The van der Waals surface area contributed by atoms with E-state index in [1.165, 1.54) is 33.1 Å². The van der Waals surface area contributed by atoms with Crippen LogP contribution in [-0.2, 0) is 0 Å². The Hall–Kier alpha value is -3.32. The molecule has 0 saturated carbocycles. The average molecular weight is 335 g/mol. The van der Waals surface area contributed by atoms with Crippen LogP contribution in [0.1, 0.15) is 12.5 Å². The summed E-state index contributed by atoms with van der Waals surface area (Å²) in [6, 6.07) is 25.8. The summed E-state index contributed by atoms with van der Waals surface area (Å²) in [5.41, 5.74) is 5.93. The van der Waals surface area contributed by atoms with Crippen molar-refractivity contribution < 1.29 is 0 Å². The zero-order valence-electron chi connectivity index (χ0n) is 14.9. The van der Waals surface area contributed by atoms with Gasteiger partial charge in [-0.3, -0.25) is 0 Å². The van der Waals surface area contributed by atoms with Crippen LogP contribution in [0.4, 0.5) is 0 Å². The third-order valence-corrected chi connectivity index (χ3v) is 4.71. The van der Waals surface area contributed by atoms with Crippen LogP contribution in [-0.4, -0.2) is 4.57 Å². The third kappa shape index (κ3) is 2.68. The first-order valence-corrected chi connectivity index (χ1v) is 8.88. The third-order valence-electron chi connectivity index (χ3n) is 4.71. The van der Waals surface area contributed by atoms with Gasteiger partial charge in [0.15, 0.2) is 0 Å². The summed E-state index contributed by atoms with van der Waals surface area (Å²) < 4.78 is 2.33. The summed E-state index contributed by atoms with van der Waals surface area (Å²) >= 11 is 0. The van der Waals surface area contributed by atoms with Crippen molar-refractivity contribution >= 4 is 27.4 Å². The fraction of sp³-hybridized carbons (Fsp3) is 0.0400. The van der Waals surface area contributed by atoms with Crippen LogP contribution in [0.5, 0.6) is 0 Å². The topological polar surface area (TPSA) is 4.93 Å². The summed E-state index contributed by atoms with van der Waals surface area (Å²) in [5.74, 6) is 0. The fourth-order valence-corrected chi connectivity index (χ4v) is 3.49. The van der Waals surface area contributed by atoms with E-state index in [0.717, 1.165) is 5.57 Å². The van der Waals surface area contributed by atoms with E-state index in [1.807, 2.05) is 19.1 Å². The molecule has 0 atom stereocenters. The molecular weight excluding hydrogens is 314 g/mol.